The highest BCUT2D eigenvalue weighted by Gasteiger charge is 2.36. The number of nitrogens with two attached hydrogens (primary N) is 1. The lowest BCUT2D eigenvalue weighted by Crippen LogP contribution is -2.35. The largest absolute Gasteiger partial charge is 0.536 e. The van der Waals surface area contributed by atoms with E-state index in [2.05, 4.69) is 4.98 Å². The minimum atomic E-state index is -0.948. The van der Waals surface area contributed by atoms with Crippen LogP contribution in [-0.2, 0) is 24.2 Å². The molecule has 0 saturated carbocycles. The second kappa shape index (κ2) is 7.15. The van der Waals surface area contributed by atoms with Crippen molar-refractivity contribution in [2.75, 3.05) is 0 Å². The lowest BCUT2D eigenvalue weighted by Gasteiger charge is -2.28. The number of benzene rings is 1. The number of para-hydroxylation sites is 1. The third kappa shape index (κ3) is 3.66. The summed E-state index contributed by atoms with van der Waals surface area (Å²) in [5.41, 5.74) is 9.41. The van der Waals surface area contributed by atoms with E-state index in [1.54, 1.807) is 12.4 Å². The molecule has 124 valence electrons. The zero-order chi connectivity index (χ0) is 17.1. The standard InChI is InChI=1S/C18H21BN2O3/c1-12-3-2-4-15-7-16(19(23)24-18(12)15)8-17(22)6-13-5-14(9-20)11-21-10-13/h2-5,10-11,16,23H,6-9,20H2,1H3. The molecular formula is C18H21BN2O3. The van der Waals surface area contributed by atoms with E-state index in [-0.39, 0.29) is 18.0 Å². The van der Waals surface area contributed by atoms with Crippen molar-refractivity contribution < 1.29 is 14.5 Å². The van der Waals surface area contributed by atoms with Gasteiger partial charge in [0.15, 0.2) is 0 Å². The average Bonchev–Trinajstić information content (AvgIpc) is 2.56. The summed E-state index contributed by atoms with van der Waals surface area (Å²) in [7, 11) is -0.948. The predicted molar refractivity (Wildman–Crippen MR) is 92.7 cm³/mol. The van der Waals surface area contributed by atoms with Crippen LogP contribution in [0, 0.1) is 6.92 Å². The molecule has 0 aliphatic carbocycles. The van der Waals surface area contributed by atoms with E-state index in [1.807, 2.05) is 31.2 Å². The maximum absolute atomic E-state index is 12.4. The van der Waals surface area contributed by atoms with Crippen molar-refractivity contribution in [1.29, 1.82) is 0 Å². The molecule has 0 spiro atoms. The van der Waals surface area contributed by atoms with Crippen LogP contribution in [0.15, 0.2) is 36.7 Å². The van der Waals surface area contributed by atoms with Crippen LogP contribution >= 0.6 is 0 Å². The monoisotopic (exact) mass is 324 g/mol. The fourth-order valence-corrected chi connectivity index (χ4v) is 3.16. The van der Waals surface area contributed by atoms with Crippen LogP contribution in [0.5, 0.6) is 5.75 Å². The fraction of sp³-hybridized carbons (Fsp3) is 0.333. The van der Waals surface area contributed by atoms with E-state index >= 15 is 0 Å². The number of hydrogen-bond acceptors (Lipinski definition) is 5. The molecule has 0 bridgehead atoms. The summed E-state index contributed by atoms with van der Waals surface area (Å²) < 4.78 is 5.64. The Balaban J connectivity index is 1.66. The molecule has 0 amide bonds. The number of ketones is 1. The molecule has 0 radical (unpaired) electrons. The van der Waals surface area contributed by atoms with E-state index in [1.165, 1.54) is 0 Å². The SMILES string of the molecule is Cc1cccc2c1OB(O)C(CC(=O)Cc1cncc(CN)c1)C2. The summed E-state index contributed by atoms with van der Waals surface area (Å²) in [6.07, 6.45) is 4.60. The van der Waals surface area contributed by atoms with Gasteiger partial charge in [-0.3, -0.25) is 9.78 Å². The molecule has 3 N–H and O–H groups in total. The van der Waals surface area contributed by atoms with Gasteiger partial charge in [-0.2, -0.15) is 0 Å². The topological polar surface area (TPSA) is 85.4 Å². The number of fused-ring (bicyclic) bond motifs is 1. The Morgan fingerprint density at radius 3 is 3.00 bits per heavy atom. The van der Waals surface area contributed by atoms with Crippen molar-refractivity contribution in [1.82, 2.24) is 4.98 Å². The molecule has 3 rings (SSSR count). The fourth-order valence-electron chi connectivity index (χ4n) is 3.16. The van der Waals surface area contributed by atoms with Gasteiger partial charge in [0.25, 0.3) is 0 Å². The quantitative estimate of drug-likeness (QED) is 0.820. The highest BCUT2D eigenvalue weighted by Crippen LogP contribution is 2.35. The Morgan fingerprint density at radius 2 is 2.21 bits per heavy atom. The Hall–Kier alpha value is -2.18. The summed E-state index contributed by atoms with van der Waals surface area (Å²) in [6, 6.07) is 7.81. The molecule has 2 aromatic rings. The highest BCUT2D eigenvalue weighted by atomic mass is 16.5. The van der Waals surface area contributed by atoms with Crippen LogP contribution in [0.1, 0.15) is 28.7 Å². The first kappa shape index (κ1) is 16.7. The predicted octanol–water partition coefficient (Wildman–Crippen LogP) is 1.84. The molecule has 1 aliphatic heterocycles. The maximum Gasteiger partial charge on any atom is 0.526 e. The molecule has 1 aliphatic rings. The van der Waals surface area contributed by atoms with Crippen LogP contribution in [0.3, 0.4) is 0 Å². The maximum atomic E-state index is 12.4. The molecule has 1 atom stereocenters. The van der Waals surface area contributed by atoms with Crippen LogP contribution in [0.4, 0.5) is 0 Å². The smallest absolute Gasteiger partial charge is 0.526 e. The van der Waals surface area contributed by atoms with Crippen molar-refractivity contribution >= 4 is 12.9 Å². The minimum absolute atomic E-state index is 0.0646. The second-order valence-corrected chi connectivity index (χ2v) is 6.36. The third-order valence-electron chi connectivity index (χ3n) is 4.40. The number of aryl methyl sites for hydroxylation is 1. The summed E-state index contributed by atoms with van der Waals surface area (Å²) >= 11 is 0. The van der Waals surface area contributed by atoms with Crippen LogP contribution < -0.4 is 10.4 Å². The first-order valence-electron chi connectivity index (χ1n) is 8.14. The number of Topliss-reactive ketones (excluding diaryl/α,β-unsaturated/α-hetero) is 1. The van der Waals surface area contributed by atoms with Gasteiger partial charge in [-0.1, -0.05) is 24.3 Å². The lowest BCUT2D eigenvalue weighted by molar-refractivity contribution is -0.118. The summed E-state index contributed by atoms with van der Waals surface area (Å²) in [5, 5.41) is 10.2. The zero-order valence-corrected chi connectivity index (χ0v) is 13.7. The molecule has 0 fully saturated rings. The first-order chi connectivity index (χ1) is 11.6. The van der Waals surface area contributed by atoms with Crippen molar-refractivity contribution in [3.05, 3.63) is 58.9 Å². The molecule has 5 nitrogen and oxygen atoms in total. The zero-order valence-electron chi connectivity index (χ0n) is 13.7. The lowest BCUT2D eigenvalue weighted by atomic mass is 9.64. The molecule has 1 aromatic carbocycles. The Kier molecular flexibility index (Phi) is 4.97. The van der Waals surface area contributed by atoms with Crippen LogP contribution in [-0.4, -0.2) is 22.9 Å². The first-order valence-corrected chi connectivity index (χ1v) is 8.14. The number of carbonyl (C=O) groups is 1. The van der Waals surface area contributed by atoms with E-state index in [0.29, 0.717) is 19.4 Å². The highest BCUT2D eigenvalue weighted by molar-refractivity contribution is 6.46. The van der Waals surface area contributed by atoms with E-state index in [9.17, 15) is 9.82 Å². The summed E-state index contributed by atoms with van der Waals surface area (Å²) in [6.45, 7) is 2.36. The van der Waals surface area contributed by atoms with Gasteiger partial charge in [-0.05, 0) is 35.6 Å². The third-order valence-corrected chi connectivity index (χ3v) is 4.40. The second-order valence-electron chi connectivity index (χ2n) is 6.36. The van der Waals surface area contributed by atoms with Crippen molar-refractivity contribution in [2.24, 2.45) is 5.73 Å². The Morgan fingerprint density at radius 1 is 1.42 bits per heavy atom. The number of carbonyl (C=O) groups excluding carboxylic acids is 1. The van der Waals surface area contributed by atoms with Gasteiger partial charge in [-0.15, -0.1) is 0 Å². The van der Waals surface area contributed by atoms with Gasteiger partial charge in [0.05, 0.1) is 0 Å². The molecule has 2 heterocycles. The van der Waals surface area contributed by atoms with Gasteiger partial charge in [0.1, 0.15) is 11.5 Å². The summed E-state index contributed by atoms with van der Waals surface area (Å²) in [5.74, 6) is 0.584. The molecule has 6 heteroatoms. The average molecular weight is 324 g/mol. The molecular weight excluding hydrogens is 303 g/mol. The van der Waals surface area contributed by atoms with Gasteiger partial charge >= 0.3 is 7.12 Å². The Labute approximate surface area is 142 Å². The number of hydrogen-bond donors (Lipinski definition) is 2. The normalized spacial score (nSPS) is 16.5. The van der Waals surface area contributed by atoms with E-state index < -0.39 is 7.12 Å². The molecule has 24 heavy (non-hydrogen) atoms. The van der Waals surface area contributed by atoms with Gasteiger partial charge in [0.2, 0.25) is 0 Å². The van der Waals surface area contributed by atoms with E-state index in [4.69, 9.17) is 10.4 Å². The van der Waals surface area contributed by atoms with Crippen LogP contribution in [0.25, 0.3) is 0 Å². The van der Waals surface area contributed by atoms with E-state index in [0.717, 1.165) is 28.0 Å². The minimum Gasteiger partial charge on any atom is -0.536 e. The number of aromatic nitrogens is 1. The molecule has 0 saturated heterocycles. The van der Waals surface area contributed by atoms with Crippen molar-refractivity contribution in [2.45, 2.75) is 38.5 Å². The Bertz CT molecular complexity index is 751. The van der Waals surface area contributed by atoms with Crippen LogP contribution in [0.2, 0.25) is 5.82 Å². The number of nitrogens with zero attached hydrogens (tertiary/aromatic N) is 1. The number of rotatable bonds is 5. The summed E-state index contributed by atoms with van der Waals surface area (Å²) in [4.78, 5) is 16.5. The van der Waals surface area contributed by atoms with Gasteiger partial charge in [-0.25, -0.2) is 0 Å². The molecule has 1 aromatic heterocycles. The van der Waals surface area contributed by atoms with Crippen molar-refractivity contribution in [3.63, 3.8) is 0 Å². The van der Waals surface area contributed by atoms with Gasteiger partial charge in [0, 0.05) is 37.6 Å². The molecule has 1 unspecified atom stereocenters. The van der Waals surface area contributed by atoms with Gasteiger partial charge < -0.3 is 15.4 Å². The van der Waals surface area contributed by atoms with Crippen molar-refractivity contribution in [3.8, 4) is 5.75 Å². The number of pyridine rings is 1.